The van der Waals surface area contributed by atoms with E-state index in [1.54, 1.807) is 67.3 Å². The van der Waals surface area contributed by atoms with E-state index in [1.165, 1.54) is 4.90 Å². The van der Waals surface area contributed by atoms with Gasteiger partial charge in [-0.15, -0.1) is 0 Å². The molecule has 3 heterocycles. The van der Waals surface area contributed by atoms with Gasteiger partial charge in [-0.2, -0.15) is 0 Å². The molecule has 4 rings (SSSR count). The lowest BCUT2D eigenvalue weighted by Gasteiger charge is -2.25. The zero-order valence-corrected chi connectivity index (χ0v) is 18.5. The van der Waals surface area contributed by atoms with Gasteiger partial charge in [-0.05, 0) is 59.5 Å². The highest BCUT2D eigenvalue weighted by Crippen LogP contribution is 2.40. The van der Waals surface area contributed by atoms with Crippen molar-refractivity contribution >= 4 is 17.4 Å². The number of aromatic nitrogens is 2. The first-order chi connectivity index (χ1) is 16.0. The molecule has 0 bridgehead atoms. The summed E-state index contributed by atoms with van der Waals surface area (Å²) in [5.74, 6) is -0.561. The quantitative estimate of drug-likeness (QED) is 0.335. The summed E-state index contributed by atoms with van der Waals surface area (Å²) in [7, 11) is 0. The third-order valence-corrected chi connectivity index (χ3v) is 5.35. The van der Waals surface area contributed by atoms with Gasteiger partial charge in [-0.1, -0.05) is 19.9 Å². The standard InChI is InChI=1S/C26H25N3O4/c1-17(2)16-33-21-7-5-20(6-8-21)24(30)22-23(19-9-12-27-13-10-19)29(26(32)25(22)31)15-18-4-3-11-28-14-18/h3-14,17,23,30H,15-16H2,1-2H3/b24-22-. The minimum absolute atomic E-state index is 0.0472. The van der Waals surface area contributed by atoms with Gasteiger partial charge in [0.1, 0.15) is 11.5 Å². The van der Waals surface area contributed by atoms with Gasteiger partial charge in [0.2, 0.25) is 0 Å². The third-order valence-electron chi connectivity index (χ3n) is 5.35. The van der Waals surface area contributed by atoms with Crippen LogP contribution in [0, 0.1) is 5.92 Å². The number of ether oxygens (including phenoxy) is 1. The van der Waals surface area contributed by atoms with E-state index >= 15 is 0 Å². The maximum absolute atomic E-state index is 13.1. The van der Waals surface area contributed by atoms with E-state index in [1.807, 2.05) is 6.07 Å². The molecule has 0 saturated carbocycles. The van der Waals surface area contributed by atoms with Crippen LogP contribution in [0.3, 0.4) is 0 Å². The van der Waals surface area contributed by atoms with E-state index in [4.69, 9.17) is 4.74 Å². The van der Waals surface area contributed by atoms with Crippen molar-refractivity contribution in [2.75, 3.05) is 6.61 Å². The molecule has 1 N–H and O–H groups in total. The molecule has 0 spiro atoms. The summed E-state index contributed by atoms with van der Waals surface area (Å²) >= 11 is 0. The van der Waals surface area contributed by atoms with Crippen molar-refractivity contribution in [1.82, 2.24) is 14.9 Å². The Morgan fingerprint density at radius 2 is 1.76 bits per heavy atom. The average molecular weight is 444 g/mol. The first-order valence-electron chi connectivity index (χ1n) is 10.8. The monoisotopic (exact) mass is 443 g/mol. The summed E-state index contributed by atoms with van der Waals surface area (Å²) in [4.78, 5) is 35.7. The second-order valence-electron chi connectivity index (χ2n) is 8.30. The molecule has 7 heteroatoms. The summed E-state index contributed by atoms with van der Waals surface area (Å²) in [6.07, 6.45) is 6.49. The van der Waals surface area contributed by atoms with E-state index in [-0.39, 0.29) is 17.9 Å². The van der Waals surface area contributed by atoms with Crippen molar-refractivity contribution in [3.63, 3.8) is 0 Å². The molecule has 3 aromatic rings. The number of hydrogen-bond acceptors (Lipinski definition) is 6. The Morgan fingerprint density at radius 1 is 1.03 bits per heavy atom. The number of likely N-dealkylation sites (tertiary alicyclic amines) is 1. The minimum Gasteiger partial charge on any atom is -0.507 e. The summed E-state index contributed by atoms with van der Waals surface area (Å²) in [5, 5.41) is 11.1. The molecule has 168 valence electrons. The Balaban J connectivity index is 1.74. The molecule has 1 saturated heterocycles. The number of carbonyl (C=O) groups excluding carboxylic acids is 2. The predicted octanol–water partition coefficient (Wildman–Crippen LogP) is 4.13. The van der Waals surface area contributed by atoms with Crippen LogP contribution in [0.25, 0.3) is 5.76 Å². The predicted molar refractivity (Wildman–Crippen MR) is 123 cm³/mol. The Bertz CT molecular complexity index is 1160. The fourth-order valence-electron chi connectivity index (χ4n) is 3.75. The first-order valence-corrected chi connectivity index (χ1v) is 10.8. The van der Waals surface area contributed by atoms with Crippen molar-refractivity contribution in [3.8, 4) is 5.75 Å². The number of nitrogens with zero attached hydrogens (tertiary/aromatic N) is 3. The molecule has 2 aromatic heterocycles. The largest absolute Gasteiger partial charge is 0.507 e. The number of aliphatic hydroxyl groups excluding tert-OH is 1. The van der Waals surface area contributed by atoms with Crippen LogP contribution in [0.2, 0.25) is 0 Å². The van der Waals surface area contributed by atoms with Gasteiger partial charge in [0, 0.05) is 36.9 Å². The van der Waals surface area contributed by atoms with Gasteiger partial charge in [-0.25, -0.2) is 0 Å². The van der Waals surface area contributed by atoms with Crippen molar-refractivity contribution < 1.29 is 19.4 Å². The maximum Gasteiger partial charge on any atom is 0.295 e. The van der Waals surface area contributed by atoms with E-state index in [2.05, 4.69) is 23.8 Å². The third kappa shape index (κ3) is 4.77. The number of carbonyl (C=O) groups is 2. The Hall–Kier alpha value is -4.00. The number of Topliss-reactive ketones (excluding diaryl/α,β-unsaturated/α-hetero) is 1. The zero-order chi connectivity index (χ0) is 23.4. The molecular weight excluding hydrogens is 418 g/mol. The van der Waals surface area contributed by atoms with Gasteiger partial charge in [0.25, 0.3) is 11.7 Å². The van der Waals surface area contributed by atoms with Crippen LogP contribution >= 0.6 is 0 Å². The molecule has 1 fully saturated rings. The molecular formula is C26H25N3O4. The number of ketones is 1. The Morgan fingerprint density at radius 3 is 2.39 bits per heavy atom. The van der Waals surface area contributed by atoms with Crippen LogP contribution in [-0.2, 0) is 16.1 Å². The lowest BCUT2D eigenvalue weighted by Crippen LogP contribution is -2.29. The fraction of sp³-hybridized carbons (Fsp3) is 0.231. The van der Waals surface area contributed by atoms with Crippen LogP contribution in [0.15, 0.2) is 78.9 Å². The normalized spacial score (nSPS) is 17.5. The van der Waals surface area contributed by atoms with E-state index in [0.717, 1.165) is 5.56 Å². The van der Waals surface area contributed by atoms with Gasteiger partial charge in [-0.3, -0.25) is 19.6 Å². The average Bonchev–Trinajstić information content (AvgIpc) is 3.09. The molecule has 1 aliphatic heterocycles. The molecule has 1 aromatic carbocycles. The first kappa shape index (κ1) is 22.2. The molecule has 33 heavy (non-hydrogen) atoms. The van der Waals surface area contributed by atoms with Crippen molar-refractivity contribution in [3.05, 3.63) is 95.6 Å². The van der Waals surface area contributed by atoms with Crippen LogP contribution < -0.4 is 4.74 Å². The molecule has 1 aliphatic rings. The summed E-state index contributed by atoms with van der Waals surface area (Å²) in [5.41, 5.74) is 1.95. The number of hydrogen-bond donors (Lipinski definition) is 1. The van der Waals surface area contributed by atoms with Crippen molar-refractivity contribution in [1.29, 1.82) is 0 Å². The second kappa shape index (κ2) is 9.65. The molecule has 1 amide bonds. The summed E-state index contributed by atoms with van der Waals surface area (Å²) in [6.45, 7) is 4.88. The SMILES string of the molecule is CC(C)COc1ccc(/C(O)=C2/C(=O)C(=O)N(Cc3cccnc3)C2c2ccncc2)cc1. The van der Waals surface area contributed by atoms with Crippen molar-refractivity contribution in [2.24, 2.45) is 5.92 Å². The van der Waals surface area contributed by atoms with Crippen LogP contribution in [0.4, 0.5) is 0 Å². The summed E-state index contributed by atoms with van der Waals surface area (Å²) < 4.78 is 5.70. The highest BCUT2D eigenvalue weighted by atomic mass is 16.5. The van der Waals surface area contributed by atoms with Crippen LogP contribution in [-0.4, -0.2) is 38.3 Å². The van der Waals surface area contributed by atoms with E-state index in [9.17, 15) is 14.7 Å². The van der Waals surface area contributed by atoms with Crippen LogP contribution in [0.5, 0.6) is 5.75 Å². The van der Waals surface area contributed by atoms with E-state index < -0.39 is 17.7 Å². The number of benzene rings is 1. The highest BCUT2D eigenvalue weighted by molar-refractivity contribution is 6.46. The number of aliphatic hydroxyl groups is 1. The Labute approximate surface area is 192 Å². The minimum atomic E-state index is -0.745. The van der Waals surface area contributed by atoms with Gasteiger partial charge >= 0.3 is 0 Å². The van der Waals surface area contributed by atoms with Crippen molar-refractivity contribution in [2.45, 2.75) is 26.4 Å². The maximum atomic E-state index is 13.1. The molecule has 0 radical (unpaired) electrons. The molecule has 1 unspecified atom stereocenters. The summed E-state index contributed by atoms with van der Waals surface area (Å²) in [6, 6.07) is 13.2. The smallest absolute Gasteiger partial charge is 0.295 e. The second-order valence-corrected chi connectivity index (χ2v) is 8.30. The molecule has 0 aliphatic carbocycles. The number of amides is 1. The lowest BCUT2D eigenvalue weighted by molar-refractivity contribution is -0.140. The molecule has 1 atom stereocenters. The highest BCUT2D eigenvalue weighted by Gasteiger charge is 2.46. The van der Waals surface area contributed by atoms with E-state index in [0.29, 0.717) is 29.4 Å². The Kier molecular flexibility index (Phi) is 6.49. The number of pyridine rings is 2. The lowest BCUT2D eigenvalue weighted by atomic mass is 9.96. The molecule has 7 nitrogen and oxygen atoms in total. The topological polar surface area (TPSA) is 92.6 Å². The van der Waals surface area contributed by atoms with Crippen LogP contribution in [0.1, 0.15) is 36.6 Å². The fourth-order valence-corrected chi connectivity index (χ4v) is 3.75. The zero-order valence-electron chi connectivity index (χ0n) is 18.5. The van der Waals surface area contributed by atoms with Gasteiger partial charge in [0.05, 0.1) is 18.2 Å². The number of rotatable bonds is 7. The van der Waals surface area contributed by atoms with Gasteiger partial charge < -0.3 is 14.7 Å². The van der Waals surface area contributed by atoms with Gasteiger partial charge in [0.15, 0.2) is 0 Å².